The Kier molecular flexibility index (Phi) is 2.26. The van der Waals surface area contributed by atoms with Crippen LogP contribution < -0.4 is 5.32 Å². The molecule has 8 nitrogen and oxygen atoms in total. The number of rotatable bonds is 4. The fourth-order valence-corrected chi connectivity index (χ4v) is 2.41. The van der Waals surface area contributed by atoms with Crippen molar-refractivity contribution < 1.29 is 0 Å². The molecule has 3 aromatic rings. The molecule has 3 aromatic heterocycles. The molecule has 3 heterocycles. The number of aryl methyl sites for hydroxylation is 1. The molecular formula is C12H14N8. The topological polar surface area (TPSA) is 86.3 Å². The Labute approximate surface area is 114 Å². The Morgan fingerprint density at radius 2 is 2.25 bits per heavy atom. The van der Waals surface area contributed by atoms with Gasteiger partial charge in [-0.3, -0.25) is 4.68 Å². The first-order valence-electron chi connectivity index (χ1n) is 6.53. The summed E-state index contributed by atoms with van der Waals surface area (Å²) in [6.45, 7) is 0.775. The molecule has 0 unspecified atom stereocenters. The lowest BCUT2D eigenvalue weighted by molar-refractivity contribution is 0.453. The molecule has 0 bridgehead atoms. The highest BCUT2D eigenvalue weighted by molar-refractivity contribution is 5.81. The lowest BCUT2D eigenvalue weighted by atomic mass is 10.2. The van der Waals surface area contributed by atoms with E-state index in [1.165, 1.54) is 6.33 Å². The van der Waals surface area contributed by atoms with Crippen LogP contribution in [0, 0.1) is 0 Å². The van der Waals surface area contributed by atoms with Gasteiger partial charge in [-0.25, -0.2) is 14.6 Å². The number of hydrogen-bond acceptors (Lipinski definition) is 6. The second kappa shape index (κ2) is 3.99. The van der Waals surface area contributed by atoms with Crippen molar-refractivity contribution in [3.8, 4) is 0 Å². The standard InChI is InChI=1S/C12H14N8/c1-19-11-9(17-18-19)10(14-8-15-11)13-7-12(3-4-12)20-6-2-5-16-20/h2,5-6,8H,3-4,7H2,1H3,(H,13,14,15). The zero-order valence-electron chi connectivity index (χ0n) is 11.1. The van der Waals surface area contributed by atoms with E-state index in [1.807, 2.05) is 30.2 Å². The highest BCUT2D eigenvalue weighted by Gasteiger charge is 2.45. The summed E-state index contributed by atoms with van der Waals surface area (Å²) in [4.78, 5) is 8.45. The van der Waals surface area contributed by atoms with Crippen LogP contribution in [-0.4, -0.2) is 41.3 Å². The molecule has 0 aliphatic heterocycles. The van der Waals surface area contributed by atoms with Crippen molar-refractivity contribution in [3.63, 3.8) is 0 Å². The Bertz CT molecular complexity index is 740. The Morgan fingerprint density at radius 3 is 3.00 bits per heavy atom. The van der Waals surface area contributed by atoms with Gasteiger partial charge in [0.2, 0.25) is 0 Å². The highest BCUT2D eigenvalue weighted by Crippen LogP contribution is 2.42. The van der Waals surface area contributed by atoms with Crippen molar-refractivity contribution in [1.29, 1.82) is 0 Å². The molecule has 102 valence electrons. The van der Waals surface area contributed by atoms with E-state index in [0.29, 0.717) is 5.52 Å². The predicted octanol–water partition coefficient (Wildman–Crippen LogP) is 0.556. The third-order valence-corrected chi connectivity index (χ3v) is 3.79. The van der Waals surface area contributed by atoms with Crippen molar-refractivity contribution in [2.45, 2.75) is 18.4 Å². The SMILES string of the molecule is Cn1nnc2c(NCC3(n4cccn4)CC3)ncnc21. The van der Waals surface area contributed by atoms with Crippen LogP contribution in [0.25, 0.3) is 11.2 Å². The van der Waals surface area contributed by atoms with Gasteiger partial charge < -0.3 is 5.32 Å². The van der Waals surface area contributed by atoms with Crippen LogP contribution in [0.2, 0.25) is 0 Å². The van der Waals surface area contributed by atoms with Gasteiger partial charge in [-0.1, -0.05) is 5.21 Å². The highest BCUT2D eigenvalue weighted by atomic mass is 15.4. The molecule has 0 radical (unpaired) electrons. The summed E-state index contributed by atoms with van der Waals surface area (Å²) in [5, 5.41) is 15.8. The van der Waals surface area contributed by atoms with E-state index in [4.69, 9.17) is 0 Å². The van der Waals surface area contributed by atoms with Gasteiger partial charge in [0.1, 0.15) is 6.33 Å². The van der Waals surface area contributed by atoms with Crippen LogP contribution in [0.3, 0.4) is 0 Å². The van der Waals surface area contributed by atoms with E-state index in [-0.39, 0.29) is 5.54 Å². The molecule has 4 rings (SSSR count). The lowest BCUT2D eigenvalue weighted by Crippen LogP contribution is -2.27. The molecule has 8 heteroatoms. The fraction of sp³-hybridized carbons (Fsp3) is 0.417. The molecular weight excluding hydrogens is 256 g/mol. The van der Waals surface area contributed by atoms with Gasteiger partial charge in [0.15, 0.2) is 17.0 Å². The Hall–Kier alpha value is -2.51. The molecule has 1 N–H and O–H groups in total. The summed E-state index contributed by atoms with van der Waals surface area (Å²) >= 11 is 0. The molecule has 0 saturated heterocycles. The molecule has 0 aromatic carbocycles. The minimum Gasteiger partial charge on any atom is -0.366 e. The molecule has 1 aliphatic carbocycles. The van der Waals surface area contributed by atoms with Crippen molar-refractivity contribution in [2.24, 2.45) is 7.05 Å². The van der Waals surface area contributed by atoms with E-state index in [9.17, 15) is 0 Å². The second-order valence-electron chi connectivity index (χ2n) is 5.14. The van der Waals surface area contributed by atoms with Crippen LogP contribution in [0.1, 0.15) is 12.8 Å². The predicted molar refractivity (Wildman–Crippen MR) is 72.0 cm³/mol. The van der Waals surface area contributed by atoms with Gasteiger partial charge >= 0.3 is 0 Å². The van der Waals surface area contributed by atoms with Crippen molar-refractivity contribution in [1.82, 2.24) is 34.7 Å². The maximum atomic E-state index is 4.34. The average molecular weight is 270 g/mol. The number of hydrogen-bond donors (Lipinski definition) is 1. The first kappa shape index (κ1) is 11.3. The van der Waals surface area contributed by atoms with E-state index >= 15 is 0 Å². The number of anilines is 1. The molecule has 0 atom stereocenters. The molecule has 1 saturated carbocycles. The van der Waals surface area contributed by atoms with Gasteiger partial charge in [0, 0.05) is 26.0 Å². The summed E-state index contributed by atoms with van der Waals surface area (Å²) in [6.07, 6.45) is 7.59. The van der Waals surface area contributed by atoms with E-state index in [2.05, 4.69) is 30.7 Å². The molecule has 20 heavy (non-hydrogen) atoms. The van der Waals surface area contributed by atoms with Crippen molar-refractivity contribution in [2.75, 3.05) is 11.9 Å². The summed E-state index contributed by atoms with van der Waals surface area (Å²) in [5.74, 6) is 0.724. The number of nitrogens with one attached hydrogen (secondary N) is 1. The minimum atomic E-state index is 0.0724. The first-order valence-corrected chi connectivity index (χ1v) is 6.53. The van der Waals surface area contributed by atoms with Gasteiger partial charge in [0.25, 0.3) is 0 Å². The number of fused-ring (bicyclic) bond motifs is 1. The summed E-state index contributed by atoms with van der Waals surface area (Å²) < 4.78 is 3.66. The van der Waals surface area contributed by atoms with E-state index in [0.717, 1.165) is 30.9 Å². The van der Waals surface area contributed by atoms with Crippen LogP contribution in [0.4, 0.5) is 5.82 Å². The maximum absolute atomic E-state index is 4.34. The normalized spacial score (nSPS) is 16.4. The van der Waals surface area contributed by atoms with Crippen molar-refractivity contribution in [3.05, 3.63) is 24.8 Å². The van der Waals surface area contributed by atoms with Crippen molar-refractivity contribution >= 4 is 17.0 Å². The summed E-state index contributed by atoms with van der Waals surface area (Å²) in [6, 6.07) is 1.95. The Balaban J connectivity index is 1.60. The monoisotopic (exact) mass is 270 g/mol. The number of aromatic nitrogens is 7. The van der Waals surface area contributed by atoms with Gasteiger partial charge in [-0.15, -0.1) is 5.10 Å². The molecule has 1 aliphatic rings. The maximum Gasteiger partial charge on any atom is 0.183 e. The number of nitrogens with zero attached hydrogens (tertiary/aromatic N) is 7. The molecule has 0 amide bonds. The third-order valence-electron chi connectivity index (χ3n) is 3.79. The average Bonchev–Trinajstić information content (AvgIpc) is 2.89. The zero-order chi connectivity index (χ0) is 13.6. The van der Waals surface area contributed by atoms with Crippen LogP contribution >= 0.6 is 0 Å². The molecule has 1 fully saturated rings. The summed E-state index contributed by atoms with van der Waals surface area (Å²) in [5.41, 5.74) is 1.50. The van der Waals surface area contributed by atoms with Crippen LogP contribution in [0.5, 0.6) is 0 Å². The second-order valence-corrected chi connectivity index (χ2v) is 5.14. The van der Waals surface area contributed by atoms with Crippen LogP contribution in [0.15, 0.2) is 24.8 Å². The van der Waals surface area contributed by atoms with Gasteiger partial charge in [-0.05, 0) is 18.9 Å². The van der Waals surface area contributed by atoms with Gasteiger partial charge in [0.05, 0.1) is 5.54 Å². The quantitative estimate of drug-likeness (QED) is 0.745. The van der Waals surface area contributed by atoms with Crippen LogP contribution in [-0.2, 0) is 12.6 Å². The van der Waals surface area contributed by atoms with E-state index in [1.54, 1.807) is 4.68 Å². The smallest absolute Gasteiger partial charge is 0.183 e. The largest absolute Gasteiger partial charge is 0.366 e. The first-order chi connectivity index (χ1) is 9.78. The fourth-order valence-electron chi connectivity index (χ4n) is 2.41. The van der Waals surface area contributed by atoms with Gasteiger partial charge in [-0.2, -0.15) is 5.10 Å². The zero-order valence-corrected chi connectivity index (χ0v) is 11.1. The third kappa shape index (κ3) is 1.64. The summed E-state index contributed by atoms with van der Waals surface area (Å²) in [7, 11) is 1.82. The lowest BCUT2D eigenvalue weighted by Gasteiger charge is -2.17. The molecule has 0 spiro atoms. The minimum absolute atomic E-state index is 0.0724. The van der Waals surface area contributed by atoms with E-state index < -0.39 is 0 Å². The Morgan fingerprint density at radius 1 is 1.35 bits per heavy atom.